The van der Waals surface area contributed by atoms with Gasteiger partial charge in [-0.15, -0.1) is 0 Å². The Morgan fingerprint density at radius 2 is 1.06 bits per heavy atom. The quantitative estimate of drug-likeness (QED) is 0.215. The molecule has 0 fully saturated rings. The van der Waals surface area contributed by atoms with Crippen molar-refractivity contribution in [2.75, 3.05) is 0 Å². The van der Waals surface area contributed by atoms with E-state index in [4.69, 9.17) is 13.3 Å². The van der Waals surface area contributed by atoms with Crippen LogP contribution in [0.4, 0.5) is 0 Å². The lowest BCUT2D eigenvalue weighted by Crippen LogP contribution is -2.65. The Balaban J connectivity index is 6.26. The van der Waals surface area contributed by atoms with Crippen LogP contribution in [0, 0.1) is 0 Å². The van der Waals surface area contributed by atoms with Crippen molar-refractivity contribution in [1.29, 1.82) is 0 Å². The molecule has 0 aliphatic rings. The Labute approximate surface area is 207 Å². The van der Waals surface area contributed by atoms with E-state index in [1.54, 1.807) is 0 Å². The highest BCUT2D eigenvalue weighted by atomic mass is 28.4. The second-order valence-corrected chi connectivity index (χ2v) is 30.7. The number of hydrogen-bond acceptors (Lipinski definition) is 3. The predicted octanol–water partition coefficient (Wildman–Crippen LogP) is 8.52. The lowest BCUT2D eigenvalue weighted by atomic mass is 9.84. The molecule has 194 valence electrons. The predicted molar refractivity (Wildman–Crippen MR) is 155 cm³/mol. The molecular weight excluding hydrogens is 461 g/mol. The highest BCUT2D eigenvalue weighted by Gasteiger charge is 2.56. The highest BCUT2D eigenvalue weighted by molar-refractivity contribution is 6.79. The van der Waals surface area contributed by atoms with Crippen LogP contribution < -0.4 is 0 Å². The maximum Gasteiger partial charge on any atom is 0.216 e. The van der Waals surface area contributed by atoms with Gasteiger partial charge in [0, 0.05) is 10.3 Å². The summed E-state index contributed by atoms with van der Waals surface area (Å²) in [4.78, 5) is 0. The Kier molecular flexibility index (Phi) is 11.0. The zero-order chi connectivity index (χ0) is 26.0. The normalized spacial score (nSPS) is 16.4. The van der Waals surface area contributed by atoms with Gasteiger partial charge in [0.1, 0.15) is 0 Å². The molecular formula is C25H60O3Si4. The van der Waals surface area contributed by atoms with Crippen molar-refractivity contribution in [3.63, 3.8) is 0 Å². The van der Waals surface area contributed by atoms with E-state index in [9.17, 15) is 0 Å². The first-order valence-corrected chi connectivity index (χ1v) is 25.1. The van der Waals surface area contributed by atoms with Crippen LogP contribution in [0.25, 0.3) is 0 Å². The van der Waals surface area contributed by atoms with Gasteiger partial charge in [-0.3, -0.25) is 0 Å². The molecule has 0 saturated heterocycles. The zero-order valence-corrected chi connectivity index (χ0v) is 29.3. The smallest absolute Gasteiger partial charge is 0.216 e. The third kappa shape index (κ3) is 6.91. The van der Waals surface area contributed by atoms with Gasteiger partial charge in [0.05, 0.1) is 18.9 Å². The van der Waals surface area contributed by atoms with Gasteiger partial charge >= 0.3 is 0 Å². The van der Waals surface area contributed by atoms with Crippen molar-refractivity contribution in [3.8, 4) is 0 Å². The molecule has 0 aromatic heterocycles. The van der Waals surface area contributed by atoms with Crippen molar-refractivity contribution in [3.05, 3.63) is 0 Å². The molecule has 0 bridgehead atoms. The van der Waals surface area contributed by atoms with Gasteiger partial charge < -0.3 is 13.3 Å². The number of rotatable bonds is 14. The summed E-state index contributed by atoms with van der Waals surface area (Å²) in [5.74, 6) is 0. The SMILES string of the molecule is CCC(CC)(O[Si](C)(C)C(C)(C)O[Si](C)(C)C)C(C)(C)[SiH](C)OC(CC)(CC)[Si](C)(C)C. The van der Waals surface area contributed by atoms with E-state index in [0.29, 0.717) is 0 Å². The van der Waals surface area contributed by atoms with Gasteiger partial charge in [-0.1, -0.05) is 61.2 Å². The summed E-state index contributed by atoms with van der Waals surface area (Å²) in [5, 5.41) is -0.175. The van der Waals surface area contributed by atoms with E-state index in [0.717, 1.165) is 25.7 Å². The van der Waals surface area contributed by atoms with Crippen molar-refractivity contribution in [2.45, 2.75) is 161 Å². The molecule has 0 aliphatic carbocycles. The fourth-order valence-electron chi connectivity index (χ4n) is 5.45. The van der Waals surface area contributed by atoms with Crippen molar-refractivity contribution >= 4 is 33.7 Å². The summed E-state index contributed by atoms with van der Waals surface area (Å²) >= 11 is 0. The minimum atomic E-state index is -2.20. The molecule has 0 saturated carbocycles. The van der Waals surface area contributed by atoms with Gasteiger partial charge in [0.15, 0.2) is 17.4 Å². The topological polar surface area (TPSA) is 27.7 Å². The largest absolute Gasteiger partial charge is 0.417 e. The average molecular weight is 521 g/mol. The minimum Gasteiger partial charge on any atom is -0.417 e. The van der Waals surface area contributed by atoms with Crippen molar-refractivity contribution in [1.82, 2.24) is 0 Å². The van der Waals surface area contributed by atoms with E-state index < -0.39 is 33.7 Å². The summed E-state index contributed by atoms with van der Waals surface area (Å²) in [5.41, 5.74) is -0.193. The molecule has 0 radical (unpaired) electrons. The molecule has 0 spiro atoms. The number of hydrogen-bond donors (Lipinski definition) is 0. The maximum absolute atomic E-state index is 7.39. The lowest BCUT2D eigenvalue weighted by molar-refractivity contribution is -0.0167. The summed E-state index contributed by atoms with van der Waals surface area (Å²) in [6, 6.07) is 0. The zero-order valence-electron chi connectivity index (χ0n) is 25.1. The molecule has 1 atom stereocenters. The Morgan fingerprint density at radius 3 is 1.34 bits per heavy atom. The van der Waals surface area contributed by atoms with Crippen LogP contribution in [0.2, 0.25) is 64.0 Å². The molecule has 1 unspecified atom stereocenters. The first-order chi connectivity index (χ1) is 14.0. The van der Waals surface area contributed by atoms with Gasteiger partial charge in [-0.25, -0.2) is 0 Å². The van der Waals surface area contributed by atoms with Crippen LogP contribution >= 0.6 is 0 Å². The summed E-state index contributed by atoms with van der Waals surface area (Å²) in [6.45, 7) is 40.1. The lowest BCUT2D eigenvalue weighted by Gasteiger charge is -2.56. The van der Waals surface area contributed by atoms with Gasteiger partial charge in [0.2, 0.25) is 8.32 Å². The Hall–Kier alpha value is 0.748. The molecule has 0 amide bonds. The second-order valence-electron chi connectivity index (χ2n) is 13.5. The van der Waals surface area contributed by atoms with E-state index in [1.807, 2.05) is 0 Å². The Morgan fingerprint density at radius 1 is 0.656 bits per heavy atom. The van der Waals surface area contributed by atoms with Gasteiger partial charge in [-0.05, 0) is 78.8 Å². The van der Waals surface area contributed by atoms with Crippen LogP contribution in [-0.2, 0) is 13.3 Å². The van der Waals surface area contributed by atoms with Crippen LogP contribution in [0.15, 0.2) is 0 Å². The molecule has 0 heterocycles. The fourth-order valence-corrected chi connectivity index (χ4v) is 17.4. The molecule has 0 aromatic carbocycles. The average Bonchev–Trinajstić information content (AvgIpc) is 2.60. The molecule has 0 rings (SSSR count). The first kappa shape index (κ1) is 32.7. The summed E-state index contributed by atoms with van der Waals surface area (Å²) < 4.78 is 21.4. The van der Waals surface area contributed by atoms with Crippen molar-refractivity contribution in [2.24, 2.45) is 0 Å². The van der Waals surface area contributed by atoms with Gasteiger partial charge in [-0.2, -0.15) is 0 Å². The van der Waals surface area contributed by atoms with E-state index in [2.05, 4.69) is 114 Å². The fraction of sp³-hybridized carbons (Fsp3) is 1.00. The highest BCUT2D eigenvalue weighted by Crippen LogP contribution is 2.52. The molecule has 0 aliphatic heterocycles. The minimum absolute atomic E-state index is 0.00521. The van der Waals surface area contributed by atoms with Crippen LogP contribution in [-0.4, -0.2) is 49.8 Å². The van der Waals surface area contributed by atoms with E-state index in [1.165, 1.54) is 0 Å². The molecule has 0 aromatic rings. The molecule has 0 N–H and O–H groups in total. The summed E-state index contributed by atoms with van der Waals surface area (Å²) in [6.07, 6.45) is 4.23. The standard InChI is InChI=1S/C25H60O3Si4/c1-18-24(19-2,28-32(16,17)23(7,8)27-31(13,14)15)22(5,6)29(9)26-25(20-3,21-4)30(10,11)12/h29H,18-21H2,1-17H3. The third-order valence-electron chi connectivity index (χ3n) is 8.71. The second kappa shape index (κ2) is 10.8. The Bertz CT molecular complexity index is 581. The van der Waals surface area contributed by atoms with Crippen molar-refractivity contribution < 1.29 is 13.3 Å². The van der Waals surface area contributed by atoms with E-state index >= 15 is 0 Å². The molecule has 7 heteroatoms. The first-order valence-electron chi connectivity index (χ1n) is 13.1. The van der Waals surface area contributed by atoms with Gasteiger partial charge in [0.25, 0.3) is 0 Å². The van der Waals surface area contributed by atoms with Crippen LogP contribution in [0.5, 0.6) is 0 Å². The monoisotopic (exact) mass is 520 g/mol. The van der Waals surface area contributed by atoms with Crippen LogP contribution in [0.1, 0.15) is 81.1 Å². The summed E-state index contributed by atoms with van der Waals surface area (Å²) in [7, 11) is -7.00. The van der Waals surface area contributed by atoms with E-state index in [-0.39, 0.29) is 21.1 Å². The van der Waals surface area contributed by atoms with Crippen LogP contribution in [0.3, 0.4) is 0 Å². The maximum atomic E-state index is 7.39. The third-order valence-corrected chi connectivity index (χ3v) is 21.1. The molecule has 3 nitrogen and oxygen atoms in total. The molecule has 32 heavy (non-hydrogen) atoms.